The van der Waals surface area contributed by atoms with Crippen LogP contribution in [0.2, 0.25) is 0 Å². The molecule has 0 radical (unpaired) electrons. The molecule has 1 fully saturated rings. The molecular weight excluding hydrogens is 246 g/mol. The number of likely N-dealkylation sites (tertiary alicyclic amines) is 1. The molecule has 0 spiro atoms. The molecule has 1 aliphatic rings. The molecule has 104 valence electrons. The summed E-state index contributed by atoms with van der Waals surface area (Å²) in [5.74, 6) is 0.208. The Morgan fingerprint density at radius 3 is 2.28 bits per heavy atom. The van der Waals surface area contributed by atoms with E-state index < -0.39 is 0 Å². The van der Waals surface area contributed by atoms with E-state index in [0.717, 1.165) is 25.9 Å². The van der Waals surface area contributed by atoms with E-state index in [9.17, 15) is 4.79 Å². The number of thiocarbonyl (C=S) groups is 1. The Hall–Kier alpha value is -0.680. The zero-order valence-electron chi connectivity index (χ0n) is 11.7. The van der Waals surface area contributed by atoms with Gasteiger partial charge >= 0.3 is 0 Å². The van der Waals surface area contributed by atoms with Gasteiger partial charge < -0.3 is 10.6 Å². The SMILES string of the molecule is CC(C)N(CC(N)=S)C(C)C(=O)N1CCCCC1. The van der Waals surface area contributed by atoms with E-state index in [1.165, 1.54) is 6.42 Å². The number of amides is 1. The lowest BCUT2D eigenvalue weighted by molar-refractivity contribution is -0.137. The quantitative estimate of drug-likeness (QED) is 0.768. The lowest BCUT2D eigenvalue weighted by atomic mass is 10.1. The van der Waals surface area contributed by atoms with Crippen LogP contribution in [-0.2, 0) is 4.79 Å². The minimum atomic E-state index is -0.149. The Bertz CT molecular complexity index is 301. The average Bonchev–Trinajstić information content (AvgIpc) is 2.34. The van der Waals surface area contributed by atoms with Crippen LogP contribution in [0.15, 0.2) is 0 Å². The van der Waals surface area contributed by atoms with Crippen molar-refractivity contribution in [1.82, 2.24) is 9.80 Å². The van der Waals surface area contributed by atoms with Crippen LogP contribution >= 0.6 is 12.2 Å². The Morgan fingerprint density at radius 2 is 1.83 bits per heavy atom. The fourth-order valence-corrected chi connectivity index (χ4v) is 2.62. The normalized spacial score (nSPS) is 18.2. The molecule has 1 saturated heterocycles. The van der Waals surface area contributed by atoms with Crippen molar-refractivity contribution in [3.63, 3.8) is 0 Å². The molecule has 1 amide bonds. The number of hydrogen-bond acceptors (Lipinski definition) is 3. The van der Waals surface area contributed by atoms with Crippen molar-refractivity contribution >= 4 is 23.1 Å². The first-order chi connectivity index (χ1) is 8.43. The first kappa shape index (κ1) is 15.4. The van der Waals surface area contributed by atoms with Gasteiger partial charge in [-0.2, -0.15) is 0 Å². The lowest BCUT2D eigenvalue weighted by Gasteiger charge is -2.36. The highest BCUT2D eigenvalue weighted by atomic mass is 32.1. The molecule has 18 heavy (non-hydrogen) atoms. The van der Waals surface area contributed by atoms with Crippen LogP contribution < -0.4 is 5.73 Å². The van der Waals surface area contributed by atoms with E-state index in [-0.39, 0.29) is 18.0 Å². The van der Waals surface area contributed by atoms with Gasteiger partial charge in [0.05, 0.1) is 11.0 Å². The summed E-state index contributed by atoms with van der Waals surface area (Å²) in [6.07, 6.45) is 3.48. The molecule has 1 atom stereocenters. The summed E-state index contributed by atoms with van der Waals surface area (Å²) in [4.78, 5) is 16.9. The second-order valence-corrected chi connectivity index (χ2v) is 5.82. The van der Waals surface area contributed by atoms with E-state index in [1.807, 2.05) is 11.8 Å². The Labute approximate surface area is 115 Å². The number of nitrogens with zero attached hydrogens (tertiary/aromatic N) is 2. The van der Waals surface area contributed by atoms with Gasteiger partial charge in [-0.1, -0.05) is 12.2 Å². The fourth-order valence-electron chi connectivity index (χ4n) is 2.47. The minimum Gasteiger partial charge on any atom is -0.392 e. The summed E-state index contributed by atoms with van der Waals surface area (Å²) in [5.41, 5.74) is 5.61. The molecule has 1 unspecified atom stereocenters. The second-order valence-electron chi connectivity index (χ2n) is 5.29. The number of carbonyl (C=O) groups is 1. The maximum Gasteiger partial charge on any atom is 0.239 e. The molecule has 0 bridgehead atoms. The molecular formula is C13H25N3OS. The van der Waals surface area contributed by atoms with Crippen molar-refractivity contribution in [2.45, 2.75) is 52.1 Å². The number of hydrogen-bond donors (Lipinski definition) is 1. The molecule has 4 nitrogen and oxygen atoms in total. The summed E-state index contributed by atoms with van der Waals surface area (Å²) in [6, 6.07) is 0.111. The summed E-state index contributed by atoms with van der Waals surface area (Å²) < 4.78 is 0. The van der Waals surface area contributed by atoms with Crippen LogP contribution in [-0.4, -0.2) is 52.4 Å². The zero-order valence-corrected chi connectivity index (χ0v) is 12.5. The van der Waals surface area contributed by atoms with E-state index in [4.69, 9.17) is 18.0 Å². The third-order valence-electron chi connectivity index (χ3n) is 3.52. The van der Waals surface area contributed by atoms with Crippen LogP contribution in [0.25, 0.3) is 0 Å². The smallest absolute Gasteiger partial charge is 0.239 e. The van der Waals surface area contributed by atoms with Crippen molar-refractivity contribution in [2.75, 3.05) is 19.6 Å². The predicted molar refractivity (Wildman–Crippen MR) is 78.5 cm³/mol. The van der Waals surface area contributed by atoms with Crippen LogP contribution in [0.5, 0.6) is 0 Å². The zero-order chi connectivity index (χ0) is 13.7. The first-order valence-corrected chi connectivity index (χ1v) is 7.17. The highest BCUT2D eigenvalue weighted by molar-refractivity contribution is 7.80. The van der Waals surface area contributed by atoms with E-state index >= 15 is 0 Å². The number of piperidine rings is 1. The van der Waals surface area contributed by atoms with Crippen LogP contribution in [0.1, 0.15) is 40.0 Å². The van der Waals surface area contributed by atoms with Gasteiger partial charge in [-0.25, -0.2) is 0 Å². The van der Waals surface area contributed by atoms with Crippen molar-refractivity contribution in [3.05, 3.63) is 0 Å². The topological polar surface area (TPSA) is 49.6 Å². The summed E-state index contributed by atoms with van der Waals surface area (Å²) in [7, 11) is 0. The summed E-state index contributed by atoms with van der Waals surface area (Å²) in [5, 5.41) is 0. The standard InChI is InChI=1S/C13H25N3OS/c1-10(2)16(9-12(14)18)11(3)13(17)15-7-5-4-6-8-15/h10-11H,4-9H2,1-3H3,(H2,14,18). The first-order valence-electron chi connectivity index (χ1n) is 6.76. The lowest BCUT2D eigenvalue weighted by Crippen LogP contribution is -2.52. The third kappa shape index (κ3) is 4.21. The Morgan fingerprint density at radius 1 is 1.28 bits per heavy atom. The third-order valence-corrected chi connectivity index (χ3v) is 3.65. The molecule has 1 aliphatic heterocycles. The summed E-state index contributed by atoms with van der Waals surface area (Å²) in [6.45, 7) is 8.38. The van der Waals surface area contributed by atoms with Crippen molar-refractivity contribution in [2.24, 2.45) is 5.73 Å². The van der Waals surface area contributed by atoms with Gasteiger partial charge in [0.1, 0.15) is 0 Å². The highest BCUT2D eigenvalue weighted by Crippen LogP contribution is 2.14. The number of carbonyl (C=O) groups excluding carboxylic acids is 1. The predicted octanol–water partition coefficient (Wildman–Crippen LogP) is 1.38. The maximum absolute atomic E-state index is 12.4. The van der Waals surface area contributed by atoms with Gasteiger partial charge in [0.2, 0.25) is 5.91 Å². The van der Waals surface area contributed by atoms with Gasteiger partial charge in [0.15, 0.2) is 0 Å². The van der Waals surface area contributed by atoms with E-state index in [0.29, 0.717) is 11.5 Å². The van der Waals surface area contributed by atoms with Crippen LogP contribution in [0, 0.1) is 0 Å². The van der Waals surface area contributed by atoms with Gasteiger partial charge in [0.25, 0.3) is 0 Å². The second kappa shape index (κ2) is 7.04. The molecule has 0 aliphatic carbocycles. The molecule has 0 aromatic carbocycles. The van der Waals surface area contributed by atoms with E-state index in [2.05, 4.69) is 18.7 Å². The molecule has 1 heterocycles. The van der Waals surface area contributed by atoms with Crippen LogP contribution in [0.3, 0.4) is 0 Å². The summed E-state index contributed by atoms with van der Waals surface area (Å²) >= 11 is 4.96. The average molecular weight is 271 g/mol. The Balaban J connectivity index is 2.65. The van der Waals surface area contributed by atoms with Crippen LogP contribution in [0.4, 0.5) is 0 Å². The van der Waals surface area contributed by atoms with E-state index in [1.54, 1.807) is 0 Å². The molecule has 1 rings (SSSR count). The van der Waals surface area contributed by atoms with Gasteiger partial charge in [-0.3, -0.25) is 9.69 Å². The molecule has 5 heteroatoms. The largest absolute Gasteiger partial charge is 0.392 e. The number of rotatable bonds is 5. The Kier molecular flexibility index (Phi) is 6.02. The molecule has 2 N–H and O–H groups in total. The van der Waals surface area contributed by atoms with Gasteiger partial charge in [-0.05, 0) is 40.0 Å². The maximum atomic E-state index is 12.4. The van der Waals surface area contributed by atoms with Crippen molar-refractivity contribution in [1.29, 1.82) is 0 Å². The molecule has 0 saturated carbocycles. The van der Waals surface area contributed by atoms with Gasteiger partial charge in [0, 0.05) is 25.7 Å². The number of nitrogens with two attached hydrogens (primary N) is 1. The monoisotopic (exact) mass is 271 g/mol. The van der Waals surface area contributed by atoms with Crippen molar-refractivity contribution < 1.29 is 4.79 Å². The minimum absolute atomic E-state index is 0.149. The van der Waals surface area contributed by atoms with Crippen molar-refractivity contribution in [3.8, 4) is 0 Å². The molecule has 0 aromatic rings. The highest BCUT2D eigenvalue weighted by Gasteiger charge is 2.28. The molecule has 0 aromatic heterocycles. The van der Waals surface area contributed by atoms with Gasteiger partial charge in [-0.15, -0.1) is 0 Å². The fraction of sp³-hybridized carbons (Fsp3) is 0.846.